The molecular formula is C18H23N3O3. The Labute approximate surface area is 141 Å². The van der Waals surface area contributed by atoms with Crippen LogP contribution >= 0.6 is 0 Å². The van der Waals surface area contributed by atoms with Crippen LogP contribution in [-0.4, -0.2) is 34.1 Å². The fraction of sp³-hybridized carbons (Fsp3) is 0.500. The molecule has 0 saturated carbocycles. The second kappa shape index (κ2) is 7.03. The van der Waals surface area contributed by atoms with E-state index in [1.807, 2.05) is 49.9 Å². The van der Waals surface area contributed by atoms with Gasteiger partial charge in [-0.15, -0.1) is 0 Å². The summed E-state index contributed by atoms with van der Waals surface area (Å²) in [6, 6.07) is 7.83. The van der Waals surface area contributed by atoms with Gasteiger partial charge in [-0.2, -0.15) is 4.98 Å². The molecule has 128 valence electrons. The highest BCUT2D eigenvalue weighted by Crippen LogP contribution is 2.30. The van der Waals surface area contributed by atoms with Gasteiger partial charge in [0.1, 0.15) is 5.75 Å². The standard InChI is InChI=1S/C18H23N3O3/c1-4-23-15-8-6-5-7-13(15)10-21-11-14(9-16(21)22)18-19-17(12(2)3)20-24-18/h5-8,12,14H,4,9-11H2,1-3H3. The number of para-hydroxylation sites is 1. The van der Waals surface area contributed by atoms with Gasteiger partial charge in [-0.1, -0.05) is 37.2 Å². The Bertz CT molecular complexity index is 711. The molecule has 0 bridgehead atoms. The van der Waals surface area contributed by atoms with E-state index < -0.39 is 0 Å². The van der Waals surface area contributed by atoms with E-state index in [0.29, 0.717) is 37.8 Å². The molecule has 0 N–H and O–H groups in total. The van der Waals surface area contributed by atoms with E-state index in [4.69, 9.17) is 9.26 Å². The van der Waals surface area contributed by atoms with Crippen molar-refractivity contribution in [3.63, 3.8) is 0 Å². The molecule has 24 heavy (non-hydrogen) atoms. The summed E-state index contributed by atoms with van der Waals surface area (Å²) >= 11 is 0. The second-order valence-corrected chi connectivity index (χ2v) is 6.36. The van der Waals surface area contributed by atoms with Crippen molar-refractivity contribution in [1.29, 1.82) is 0 Å². The Morgan fingerprint density at radius 1 is 1.38 bits per heavy atom. The topological polar surface area (TPSA) is 68.5 Å². The monoisotopic (exact) mass is 329 g/mol. The fourth-order valence-electron chi connectivity index (χ4n) is 2.87. The molecule has 2 heterocycles. The minimum Gasteiger partial charge on any atom is -0.494 e. The van der Waals surface area contributed by atoms with Crippen molar-refractivity contribution in [2.45, 2.75) is 45.6 Å². The number of likely N-dealkylation sites (tertiary alicyclic amines) is 1. The molecule has 3 rings (SSSR count). The SMILES string of the molecule is CCOc1ccccc1CN1CC(c2nc(C(C)C)no2)CC1=O. The van der Waals surface area contributed by atoms with Crippen molar-refractivity contribution in [3.8, 4) is 5.75 Å². The predicted octanol–water partition coefficient (Wildman–Crippen LogP) is 3.11. The highest BCUT2D eigenvalue weighted by Gasteiger charge is 2.34. The van der Waals surface area contributed by atoms with Crippen LogP contribution in [0.25, 0.3) is 0 Å². The van der Waals surface area contributed by atoms with E-state index in [0.717, 1.165) is 11.3 Å². The van der Waals surface area contributed by atoms with Gasteiger partial charge < -0.3 is 14.2 Å². The molecular weight excluding hydrogens is 306 g/mol. The molecule has 1 unspecified atom stereocenters. The number of ether oxygens (including phenoxy) is 1. The Morgan fingerprint density at radius 3 is 2.88 bits per heavy atom. The molecule has 6 nitrogen and oxygen atoms in total. The maximum Gasteiger partial charge on any atom is 0.232 e. The minimum absolute atomic E-state index is 0.0308. The van der Waals surface area contributed by atoms with Crippen molar-refractivity contribution in [3.05, 3.63) is 41.5 Å². The molecule has 1 saturated heterocycles. The molecule has 1 aliphatic rings. The zero-order valence-electron chi connectivity index (χ0n) is 14.4. The van der Waals surface area contributed by atoms with Gasteiger partial charge in [0.25, 0.3) is 0 Å². The summed E-state index contributed by atoms with van der Waals surface area (Å²) < 4.78 is 11.0. The average molecular weight is 329 g/mol. The van der Waals surface area contributed by atoms with Crippen LogP contribution in [0, 0.1) is 0 Å². The van der Waals surface area contributed by atoms with Crippen molar-refractivity contribution in [2.75, 3.05) is 13.2 Å². The lowest BCUT2D eigenvalue weighted by molar-refractivity contribution is -0.128. The zero-order chi connectivity index (χ0) is 17.1. The third kappa shape index (κ3) is 3.42. The van der Waals surface area contributed by atoms with E-state index in [2.05, 4.69) is 10.1 Å². The van der Waals surface area contributed by atoms with Crippen molar-refractivity contribution in [2.24, 2.45) is 0 Å². The first-order valence-corrected chi connectivity index (χ1v) is 8.40. The maximum atomic E-state index is 12.4. The number of carbonyl (C=O) groups is 1. The van der Waals surface area contributed by atoms with E-state index in [1.165, 1.54) is 0 Å². The van der Waals surface area contributed by atoms with Gasteiger partial charge in [0, 0.05) is 31.0 Å². The Morgan fingerprint density at radius 2 is 2.17 bits per heavy atom. The first-order valence-electron chi connectivity index (χ1n) is 8.40. The fourth-order valence-corrected chi connectivity index (χ4v) is 2.87. The Kier molecular flexibility index (Phi) is 4.83. The molecule has 0 radical (unpaired) electrons. The lowest BCUT2D eigenvalue weighted by Gasteiger charge is -2.18. The normalized spacial score (nSPS) is 17.8. The number of benzene rings is 1. The second-order valence-electron chi connectivity index (χ2n) is 6.36. The quantitative estimate of drug-likeness (QED) is 0.814. The van der Waals surface area contributed by atoms with Crippen LogP contribution < -0.4 is 4.74 Å². The summed E-state index contributed by atoms with van der Waals surface area (Å²) in [5.74, 6) is 2.38. The summed E-state index contributed by atoms with van der Waals surface area (Å²) in [4.78, 5) is 18.6. The summed E-state index contributed by atoms with van der Waals surface area (Å²) in [6.07, 6.45) is 0.413. The molecule has 1 aromatic carbocycles. The number of amides is 1. The van der Waals surface area contributed by atoms with Gasteiger partial charge in [0.05, 0.1) is 12.5 Å². The van der Waals surface area contributed by atoms with Crippen LogP contribution in [0.2, 0.25) is 0 Å². The van der Waals surface area contributed by atoms with Crippen LogP contribution in [0.3, 0.4) is 0 Å². The van der Waals surface area contributed by atoms with Crippen LogP contribution in [-0.2, 0) is 11.3 Å². The van der Waals surface area contributed by atoms with Crippen molar-refractivity contribution in [1.82, 2.24) is 15.0 Å². The van der Waals surface area contributed by atoms with E-state index in [-0.39, 0.29) is 17.7 Å². The Balaban J connectivity index is 1.71. The van der Waals surface area contributed by atoms with Gasteiger partial charge >= 0.3 is 0 Å². The van der Waals surface area contributed by atoms with E-state index in [1.54, 1.807) is 0 Å². The number of hydrogen-bond donors (Lipinski definition) is 0. The highest BCUT2D eigenvalue weighted by atomic mass is 16.5. The number of rotatable bonds is 6. The van der Waals surface area contributed by atoms with Crippen molar-refractivity contribution >= 4 is 5.91 Å². The molecule has 0 aliphatic carbocycles. The number of aromatic nitrogens is 2. The molecule has 1 amide bonds. The van der Waals surface area contributed by atoms with Crippen molar-refractivity contribution < 1.29 is 14.1 Å². The van der Waals surface area contributed by atoms with Crippen LogP contribution in [0.5, 0.6) is 5.75 Å². The summed E-state index contributed by atoms with van der Waals surface area (Å²) in [5, 5.41) is 4.00. The first kappa shape index (κ1) is 16.5. The third-order valence-electron chi connectivity index (χ3n) is 4.17. The van der Waals surface area contributed by atoms with Gasteiger partial charge in [0.15, 0.2) is 5.82 Å². The number of nitrogens with zero attached hydrogens (tertiary/aromatic N) is 3. The maximum absolute atomic E-state index is 12.4. The van der Waals surface area contributed by atoms with Gasteiger partial charge in [0.2, 0.25) is 11.8 Å². The lowest BCUT2D eigenvalue weighted by Crippen LogP contribution is -2.24. The molecule has 0 spiro atoms. The largest absolute Gasteiger partial charge is 0.494 e. The highest BCUT2D eigenvalue weighted by molar-refractivity contribution is 5.79. The third-order valence-corrected chi connectivity index (χ3v) is 4.17. The van der Waals surface area contributed by atoms with Crippen LogP contribution in [0.15, 0.2) is 28.8 Å². The first-order chi connectivity index (χ1) is 11.6. The van der Waals surface area contributed by atoms with Crippen LogP contribution in [0.4, 0.5) is 0 Å². The smallest absolute Gasteiger partial charge is 0.232 e. The molecule has 1 atom stereocenters. The molecule has 1 aromatic heterocycles. The molecule has 6 heteroatoms. The van der Waals surface area contributed by atoms with E-state index >= 15 is 0 Å². The van der Waals surface area contributed by atoms with Crippen LogP contribution in [0.1, 0.15) is 56.3 Å². The zero-order valence-corrected chi connectivity index (χ0v) is 14.4. The number of hydrogen-bond acceptors (Lipinski definition) is 5. The Hall–Kier alpha value is -2.37. The molecule has 1 fully saturated rings. The minimum atomic E-state index is -0.0308. The molecule has 1 aliphatic heterocycles. The average Bonchev–Trinajstić information content (AvgIpc) is 3.17. The lowest BCUT2D eigenvalue weighted by atomic mass is 10.1. The molecule has 2 aromatic rings. The van der Waals surface area contributed by atoms with E-state index in [9.17, 15) is 4.79 Å². The van der Waals surface area contributed by atoms with Gasteiger partial charge in [-0.25, -0.2) is 0 Å². The summed E-state index contributed by atoms with van der Waals surface area (Å²) in [6.45, 7) is 7.73. The summed E-state index contributed by atoms with van der Waals surface area (Å²) in [7, 11) is 0. The predicted molar refractivity (Wildman–Crippen MR) is 88.8 cm³/mol. The van der Waals surface area contributed by atoms with Gasteiger partial charge in [-0.05, 0) is 13.0 Å². The number of carbonyl (C=O) groups excluding carboxylic acids is 1. The summed E-state index contributed by atoms with van der Waals surface area (Å²) in [5.41, 5.74) is 1.02. The van der Waals surface area contributed by atoms with Gasteiger partial charge in [-0.3, -0.25) is 4.79 Å².